The highest BCUT2D eigenvalue weighted by molar-refractivity contribution is 7.99. The Labute approximate surface area is 156 Å². The number of hydrogen-bond donors (Lipinski definition) is 3. The van der Waals surface area contributed by atoms with Crippen LogP contribution < -0.4 is 15.4 Å². The van der Waals surface area contributed by atoms with Crippen molar-refractivity contribution < 1.29 is 9.84 Å². The van der Waals surface area contributed by atoms with Gasteiger partial charge in [-0.05, 0) is 58.6 Å². The predicted molar refractivity (Wildman–Crippen MR) is 109 cm³/mol. The third-order valence-corrected chi connectivity index (χ3v) is 4.83. The van der Waals surface area contributed by atoms with Gasteiger partial charge >= 0.3 is 0 Å². The lowest BCUT2D eigenvalue weighted by atomic mass is 10.1. The zero-order chi connectivity index (χ0) is 18.9. The molecule has 1 aromatic rings. The summed E-state index contributed by atoms with van der Waals surface area (Å²) in [5.74, 6) is 1.49. The van der Waals surface area contributed by atoms with Crippen molar-refractivity contribution in [3.8, 4) is 5.75 Å². The summed E-state index contributed by atoms with van der Waals surface area (Å²) in [4.78, 5) is 4.62. The molecule has 1 aromatic carbocycles. The first-order chi connectivity index (χ1) is 11.8. The molecule has 1 rings (SSSR count). The van der Waals surface area contributed by atoms with Crippen LogP contribution in [-0.4, -0.2) is 47.8 Å². The van der Waals surface area contributed by atoms with Crippen LogP contribution in [0, 0.1) is 0 Å². The van der Waals surface area contributed by atoms with E-state index in [2.05, 4.69) is 35.7 Å². The van der Waals surface area contributed by atoms with Crippen molar-refractivity contribution in [3.05, 3.63) is 29.8 Å². The fourth-order valence-corrected chi connectivity index (χ4v) is 2.25. The average Bonchev–Trinajstić information content (AvgIpc) is 2.56. The van der Waals surface area contributed by atoms with Gasteiger partial charge in [-0.1, -0.05) is 12.1 Å². The molecule has 0 aliphatic heterocycles. The molecule has 0 heterocycles. The van der Waals surface area contributed by atoms with Gasteiger partial charge in [0.25, 0.3) is 0 Å². The molecule has 1 atom stereocenters. The van der Waals surface area contributed by atoms with Crippen molar-refractivity contribution in [2.24, 2.45) is 4.99 Å². The van der Waals surface area contributed by atoms with Gasteiger partial charge in [-0.15, -0.1) is 0 Å². The van der Waals surface area contributed by atoms with Gasteiger partial charge in [-0.3, -0.25) is 4.99 Å². The Balaban J connectivity index is 2.68. The monoisotopic (exact) mass is 367 g/mol. The Bertz CT molecular complexity index is 547. The molecule has 0 bridgehead atoms. The Morgan fingerprint density at radius 3 is 2.64 bits per heavy atom. The van der Waals surface area contributed by atoms with Crippen LogP contribution in [0.2, 0.25) is 0 Å². The third kappa shape index (κ3) is 8.50. The van der Waals surface area contributed by atoms with Gasteiger partial charge in [-0.25, -0.2) is 0 Å². The van der Waals surface area contributed by atoms with Crippen molar-refractivity contribution in [1.82, 2.24) is 10.6 Å². The number of aliphatic hydroxyl groups is 1. The number of guanidine groups is 1. The summed E-state index contributed by atoms with van der Waals surface area (Å²) < 4.78 is 5.77. The SMILES string of the molecule is CCNC(=NCC(C)(C)SC)NCC(O)c1cccc(OC(C)C)c1. The maximum Gasteiger partial charge on any atom is 0.191 e. The number of nitrogens with zero attached hydrogens (tertiary/aromatic N) is 1. The van der Waals surface area contributed by atoms with Crippen LogP contribution in [0.15, 0.2) is 29.3 Å². The normalized spacial score (nSPS) is 13.7. The van der Waals surface area contributed by atoms with Crippen LogP contribution in [0.1, 0.15) is 46.3 Å². The van der Waals surface area contributed by atoms with E-state index in [1.54, 1.807) is 11.8 Å². The van der Waals surface area contributed by atoms with Crippen molar-refractivity contribution in [2.45, 2.75) is 51.6 Å². The first-order valence-electron chi connectivity index (χ1n) is 8.79. The molecule has 5 nitrogen and oxygen atoms in total. The van der Waals surface area contributed by atoms with Gasteiger partial charge in [0.1, 0.15) is 5.75 Å². The lowest BCUT2D eigenvalue weighted by molar-refractivity contribution is 0.179. The first-order valence-corrected chi connectivity index (χ1v) is 10.0. The Morgan fingerprint density at radius 1 is 1.32 bits per heavy atom. The second-order valence-corrected chi connectivity index (χ2v) is 8.31. The van der Waals surface area contributed by atoms with E-state index in [0.29, 0.717) is 13.1 Å². The minimum atomic E-state index is -0.631. The van der Waals surface area contributed by atoms with Gasteiger partial charge in [0, 0.05) is 17.8 Å². The largest absolute Gasteiger partial charge is 0.491 e. The summed E-state index contributed by atoms with van der Waals surface area (Å²) in [5, 5.41) is 16.9. The van der Waals surface area contributed by atoms with E-state index < -0.39 is 6.10 Å². The van der Waals surface area contributed by atoms with Crippen molar-refractivity contribution in [2.75, 3.05) is 25.9 Å². The number of rotatable bonds is 9. The molecule has 0 saturated carbocycles. The summed E-state index contributed by atoms with van der Waals surface area (Å²) in [6.07, 6.45) is 1.57. The fourth-order valence-electron chi connectivity index (χ4n) is 2.05. The van der Waals surface area contributed by atoms with Crippen molar-refractivity contribution >= 4 is 17.7 Å². The molecule has 0 aliphatic rings. The van der Waals surface area contributed by atoms with Gasteiger partial charge in [0.2, 0.25) is 0 Å². The smallest absolute Gasteiger partial charge is 0.191 e. The maximum atomic E-state index is 10.5. The second kappa shape index (κ2) is 10.6. The van der Waals surface area contributed by atoms with Crippen LogP contribution in [0.5, 0.6) is 5.75 Å². The van der Waals surface area contributed by atoms with E-state index in [4.69, 9.17) is 4.74 Å². The van der Waals surface area contributed by atoms with Crippen LogP contribution in [0.3, 0.4) is 0 Å². The quantitative estimate of drug-likeness (QED) is 0.462. The molecule has 6 heteroatoms. The van der Waals surface area contributed by atoms with E-state index >= 15 is 0 Å². The summed E-state index contributed by atoms with van der Waals surface area (Å²) in [6.45, 7) is 12.2. The number of thioether (sulfide) groups is 1. The fraction of sp³-hybridized carbons (Fsp3) is 0.632. The van der Waals surface area contributed by atoms with Gasteiger partial charge in [-0.2, -0.15) is 11.8 Å². The van der Waals surface area contributed by atoms with Gasteiger partial charge < -0.3 is 20.5 Å². The minimum absolute atomic E-state index is 0.0868. The standard InChI is InChI=1S/C19H33N3O2S/c1-7-20-18(22-13-19(4,5)25-6)21-12-17(23)15-9-8-10-16(11-15)24-14(2)3/h8-11,14,17,23H,7,12-13H2,1-6H3,(H2,20,21,22). The Hall–Kier alpha value is -1.40. The molecule has 142 valence electrons. The molecule has 25 heavy (non-hydrogen) atoms. The summed E-state index contributed by atoms with van der Waals surface area (Å²) in [5.41, 5.74) is 0.825. The van der Waals surface area contributed by atoms with E-state index in [1.165, 1.54) is 0 Å². The van der Waals surface area contributed by atoms with Crippen LogP contribution in [-0.2, 0) is 0 Å². The number of benzene rings is 1. The molecule has 0 amide bonds. The number of hydrogen-bond acceptors (Lipinski definition) is 4. The summed E-state index contributed by atoms with van der Waals surface area (Å²) in [6, 6.07) is 7.59. The first kappa shape index (κ1) is 21.6. The maximum absolute atomic E-state index is 10.5. The second-order valence-electron chi connectivity index (χ2n) is 6.79. The summed E-state index contributed by atoms with van der Waals surface area (Å²) in [7, 11) is 0. The Kier molecular flexibility index (Phi) is 9.14. The molecule has 0 fully saturated rings. The summed E-state index contributed by atoms with van der Waals surface area (Å²) >= 11 is 1.79. The molecule has 0 saturated heterocycles. The number of ether oxygens (including phenoxy) is 1. The highest BCUT2D eigenvalue weighted by Crippen LogP contribution is 2.21. The van der Waals surface area contributed by atoms with Crippen LogP contribution in [0.4, 0.5) is 0 Å². The zero-order valence-electron chi connectivity index (χ0n) is 16.3. The topological polar surface area (TPSA) is 65.9 Å². The minimum Gasteiger partial charge on any atom is -0.491 e. The molecule has 0 aromatic heterocycles. The molecule has 1 unspecified atom stereocenters. The van der Waals surface area contributed by atoms with Crippen LogP contribution in [0.25, 0.3) is 0 Å². The lowest BCUT2D eigenvalue weighted by Crippen LogP contribution is -2.40. The molecule has 0 radical (unpaired) electrons. The zero-order valence-corrected chi connectivity index (χ0v) is 17.1. The molecule has 0 aliphatic carbocycles. The average molecular weight is 368 g/mol. The lowest BCUT2D eigenvalue weighted by Gasteiger charge is -2.21. The van der Waals surface area contributed by atoms with E-state index in [9.17, 15) is 5.11 Å². The molecular weight excluding hydrogens is 334 g/mol. The third-order valence-electron chi connectivity index (χ3n) is 3.59. The number of aliphatic imine (C=N–C) groups is 1. The van der Waals surface area contributed by atoms with E-state index in [0.717, 1.165) is 23.8 Å². The molecule has 3 N–H and O–H groups in total. The van der Waals surface area contributed by atoms with E-state index in [-0.39, 0.29) is 10.9 Å². The van der Waals surface area contributed by atoms with Crippen LogP contribution >= 0.6 is 11.8 Å². The van der Waals surface area contributed by atoms with E-state index in [1.807, 2.05) is 45.0 Å². The van der Waals surface area contributed by atoms with Crippen molar-refractivity contribution in [1.29, 1.82) is 0 Å². The highest BCUT2D eigenvalue weighted by Gasteiger charge is 2.16. The number of aliphatic hydroxyl groups excluding tert-OH is 1. The Morgan fingerprint density at radius 2 is 2.04 bits per heavy atom. The highest BCUT2D eigenvalue weighted by atomic mass is 32.2. The predicted octanol–water partition coefficient (Wildman–Crippen LogP) is 3.20. The number of nitrogens with one attached hydrogen (secondary N) is 2. The van der Waals surface area contributed by atoms with Gasteiger partial charge in [0.05, 0.1) is 18.8 Å². The molecular formula is C19H33N3O2S. The van der Waals surface area contributed by atoms with Gasteiger partial charge in [0.15, 0.2) is 5.96 Å². The van der Waals surface area contributed by atoms with Crippen molar-refractivity contribution in [3.63, 3.8) is 0 Å². The molecule has 0 spiro atoms.